The van der Waals surface area contributed by atoms with E-state index in [4.69, 9.17) is 14.2 Å². The minimum Gasteiger partial charge on any atom is -0.458 e. The van der Waals surface area contributed by atoms with Gasteiger partial charge in [0.1, 0.15) is 17.8 Å². The summed E-state index contributed by atoms with van der Waals surface area (Å²) in [6.45, 7) is 1.52. The van der Waals surface area contributed by atoms with Gasteiger partial charge in [-0.05, 0) is 81.4 Å². The fourth-order valence-corrected chi connectivity index (χ4v) is 10.4. The molecule has 0 radical (unpaired) electrons. The van der Waals surface area contributed by atoms with E-state index >= 15 is 0 Å². The van der Waals surface area contributed by atoms with E-state index in [2.05, 4.69) is 5.32 Å². The molecule has 6 bridgehead atoms. The van der Waals surface area contributed by atoms with Crippen LogP contribution in [-0.4, -0.2) is 43.2 Å². The van der Waals surface area contributed by atoms with Crippen molar-refractivity contribution < 1.29 is 28.6 Å². The zero-order valence-electron chi connectivity index (χ0n) is 21.8. The van der Waals surface area contributed by atoms with E-state index in [1.54, 1.807) is 0 Å². The number of carbonyl (C=O) groups excluding carboxylic acids is 3. The van der Waals surface area contributed by atoms with Crippen molar-refractivity contribution in [1.82, 2.24) is 5.32 Å². The molecule has 1 aromatic carbocycles. The van der Waals surface area contributed by atoms with Crippen molar-refractivity contribution in [3.05, 3.63) is 35.9 Å². The molecule has 6 unspecified atom stereocenters. The fraction of sp³-hybridized carbons (Fsp3) is 0.710. The van der Waals surface area contributed by atoms with Gasteiger partial charge in [0.05, 0.1) is 17.3 Å². The Labute approximate surface area is 223 Å². The van der Waals surface area contributed by atoms with Gasteiger partial charge < -0.3 is 19.5 Å². The van der Waals surface area contributed by atoms with Gasteiger partial charge in [-0.3, -0.25) is 14.4 Å². The van der Waals surface area contributed by atoms with Crippen LogP contribution in [0.4, 0.5) is 0 Å². The number of ether oxygens (including phenoxy) is 3. The summed E-state index contributed by atoms with van der Waals surface area (Å²) < 4.78 is 18.6. The standard InChI is InChI=1S/C31H37NO6/c33-27-23-21-13-22(24(23)28(34)38-31(6-8-32-9-7-31)20-4-2-1-3-5-20)26(25(21)36-27)37-29(35)30-14-17-10-18(15-30)12-19(11-17)16-30/h1-5,17-19,21-26,32H,6-16H2. The van der Waals surface area contributed by atoms with Gasteiger partial charge in [-0.15, -0.1) is 0 Å². The third-order valence-corrected chi connectivity index (χ3v) is 11.5. The van der Waals surface area contributed by atoms with Gasteiger partial charge in [0.2, 0.25) is 0 Å². The molecule has 1 aromatic rings. The molecule has 8 aliphatic rings. The van der Waals surface area contributed by atoms with Crippen LogP contribution in [0.25, 0.3) is 0 Å². The molecule has 6 atom stereocenters. The quantitative estimate of drug-likeness (QED) is 0.468. The van der Waals surface area contributed by atoms with E-state index in [0.717, 1.165) is 37.9 Å². The van der Waals surface area contributed by atoms with Gasteiger partial charge in [0.15, 0.2) is 0 Å². The Morgan fingerprint density at radius 3 is 2.21 bits per heavy atom. The number of esters is 3. The van der Waals surface area contributed by atoms with Crippen LogP contribution in [0.2, 0.25) is 0 Å². The van der Waals surface area contributed by atoms with Crippen molar-refractivity contribution in [2.24, 2.45) is 46.8 Å². The van der Waals surface area contributed by atoms with E-state index in [-0.39, 0.29) is 35.2 Å². The smallest absolute Gasteiger partial charge is 0.312 e. The molecule has 8 fully saturated rings. The van der Waals surface area contributed by atoms with Gasteiger partial charge in [0.25, 0.3) is 0 Å². The largest absolute Gasteiger partial charge is 0.458 e. The maximum absolute atomic E-state index is 14.0. The van der Waals surface area contributed by atoms with Crippen LogP contribution in [0, 0.1) is 46.8 Å². The summed E-state index contributed by atoms with van der Waals surface area (Å²) in [5, 5.41) is 3.37. The highest BCUT2D eigenvalue weighted by Gasteiger charge is 2.71. The van der Waals surface area contributed by atoms with Gasteiger partial charge in [-0.25, -0.2) is 0 Å². The van der Waals surface area contributed by atoms with E-state index in [9.17, 15) is 14.4 Å². The number of nitrogens with one attached hydrogen (secondary N) is 1. The summed E-state index contributed by atoms with van der Waals surface area (Å²) in [6, 6.07) is 9.96. The zero-order chi connectivity index (χ0) is 25.6. The van der Waals surface area contributed by atoms with E-state index < -0.39 is 29.6 Å². The fourth-order valence-electron chi connectivity index (χ4n) is 10.4. The van der Waals surface area contributed by atoms with Crippen molar-refractivity contribution in [3.8, 4) is 0 Å². The first-order chi connectivity index (χ1) is 18.4. The monoisotopic (exact) mass is 519 g/mol. The molecule has 2 aliphatic heterocycles. The predicted molar refractivity (Wildman–Crippen MR) is 135 cm³/mol. The summed E-state index contributed by atoms with van der Waals surface area (Å²) in [7, 11) is 0. The first-order valence-corrected chi connectivity index (χ1v) is 14.9. The Morgan fingerprint density at radius 2 is 1.55 bits per heavy atom. The van der Waals surface area contributed by atoms with Gasteiger partial charge in [-0.2, -0.15) is 0 Å². The third-order valence-electron chi connectivity index (χ3n) is 11.5. The van der Waals surface area contributed by atoms with Gasteiger partial charge in [0, 0.05) is 24.7 Å². The van der Waals surface area contributed by atoms with E-state index in [1.807, 2.05) is 30.3 Å². The van der Waals surface area contributed by atoms with Crippen LogP contribution in [0.5, 0.6) is 0 Å². The normalized spacial score (nSPS) is 45.2. The second kappa shape index (κ2) is 8.30. The molecule has 6 aliphatic carbocycles. The lowest BCUT2D eigenvalue weighted by atomic mass is 9.49. The molecule has 0 amide bonds. The number of hydrogen-bond donors (Lipinski definition) is 1. The van der Waals surface area contributed by atoms with E-state index in [1.165, 1.54) is 19.3 Å². The molecular formula is C31H37NO6. The first-order valence-electron chi connectivity index (χ1n) is 14.9. The molecule has 0 spiro atoms. The molecule has 1 N–H and O–H groups in total. The van der Waals surface area contributed by atoms with Crippen molar-refractivity contribution in [3.63, 3.8) is 0 Å². The maximum Gasteiger partial charge on any atom is 0.312 e. The lowest BCUT2D eigenvalue weighted by Crippen LogP contribution is -2.53. The molecule has 7 heteroatoms. The average Bonchev–Trinajstić information content (AvgIpc) is 3.53. The molecule has 0 aromatic heterocycles. The summed E-state index contributed by atoms with van der Waals surface area (Å²) in [4.78, 5) is 40.8. The second-order valence-corrected chi connectivity index (χ2v) is 13.6. The Hall–Kier alpha value is -2.41. The van der Waals surface area contributed by atoms with Crippen LogP contribution < -0.4 is 5.32 Å². The lowest BCUT2D eigenvalue weighted by molar-refractivity contribution is -0.190. The Balaban J connectivity index is 1.05. The van der Waals surface area contributed by atoms with Crippen LogP contribution in [0.3, 0.4) is 0 Å². The van der Waals surface area contributed by atoms with Crippen LogP contribution in [0.1, 0.15) is 63.4 Å². The number of fused-ring (bicyclic) bond motifs is 1. The molecule has 38 heavy (non-hydrogen) atoms. The van der Waals surface area contributed by atoms with Crippen molar-refractivity contribution >= 4 is 17.9 Å². The Bertz CT molecular complexity index is 1120. The maximum atomic E-state index is 14.0. The SMILES string of the molecule is O=C1OC2C3CC(C2OC(=O)C24CC5CC(CC(C5)C2)C4)C(C(=O)OC2(c4ccccc4)CCNCC2)C13. The van der Waals surface area contributed by atoms with Crippen LogP contribution >= 0.6 is 0 Å². The van der Waals surface area contributed by atoms with E-state index in [0.29, 0.717) is 37.0 Å². The summed E-state index contributed by atoms with van der Waals surface area (Å²) in [6.07, 6.45) is 7.68. The number of rotatable bonds is 5. The van der Waals surface area contributed by atoms with Crippen molar-refractivity contribution in [1.29, 1.82) is 0 Å². The number of piperidine rings is 1. The first kappa shape index (κ1) is 23.5. The molecule has 7 nitrogen and oxygen atoms in total. The van der Waals surface area contributed by atoms with Gasteiger partial charge in [-0.1, -0.05) is 30.3 Å². The van der Waals surface area contributed by atoms with Crippen LogP contribution in [0.15, 0.2) is 30.3 Å². The number of benzene rings is 1. The zero-order valence-corrected chi connectivity index (χ0v) is 21.8. The van der Waals surface area contributed by atoms with Crippen molar-refractivity contribution in [2.45, 2.75) is 75.6 Å². The summed E-state index contributed by atoms with van der Waals surface area (Å²) in [5.74, 6) is -0.213. The average molecular weight is 520 g/mol. The number of carbonyl (C=O) groups is 3. The van der Waals surface area contributed by atoms with Gasteiger partial charge >= 0.3 is 17.9 Å². The molecule has 9 rings (SSSR count). The van der Waals surface area contributed by atoms with Crippen molar-refractivity contribution in [2.75, 3.05) is 13.1 Å². The third kappa shape index (κ3) is 3.32. The Morgan fingerprint density at radius 1 is 0.895 bits per heavy atom. The minimum atomic E-state index is -0.710. The minimum absolute atomic E-state index is 0.0695. The highest BCUT2D eigenvalue weighted by molar-refractivity contribution is 5.87. The highest BCUT2D eigenvalue weighted by atomic mass is 16.6. The molecule has 2 saturated heterocycles. The lowest BCUT2D eigenvalue weighted by Gasteiger charge is -2.55. The second-order valence-electron chi connectivity index (χ2n) is 13.6. The molecule has 2 heterocycles. The summed E-state index contributed by atoms with van der Waals surface area (Å²) >= 11 is 0. The topological polar surface area (TPSA) is 90.9 Å². The molecular weight excluding hydrogens is 482 g/mol. The Kier molecular flexibility index (Phi) is 5.12. The van der Waals surface area contributed by atoms with Crippen LogP contribution in [-0.2, 0) is 34.2 Å². The summed E-state index contributed by atoms with van der Waals surface area (Å²) in [5.41, 5.74) is -0.0885. The molecule has 6 saturated carbocycles. The number of hydrogen-bond acceptors (Lipinski definition) is 7. The molecule has 202 valence electrons. The predicted octanol–water partition coefficient (Wildman–Crippen LogP) is 3.74. The highest BCUT2D eigenvalue weighted by Crippen LogP contribution is 2.63.